The number of benzene rings is 1. The second kappa shape index (κ2) is 8.04. The van der Waals surface area contributed by atoms with Gasteiger partial charge in [0.15, 0.2) is 0 Å². The van der Waals surface area contributed by atoms with Gasteiger partial charge in [-0.2, -0.15) is 0 Å². The molecule has 1 aromatic carbocycles. The lowest BCUT2D eigenvalue weighted by molar-refractivity contribution is 0.148. The second-order valence-electron chi connectivity index (χ2n) is 4.28. The molecule has 0 bridgehead atoms. The molecule has 0 amide bonds. The van der Waals surface area contributed by atoms with Crippen molar-refractivity contribution in [1.82, 2.24) is 5.32 Å². The lowest BCUT2D eigenvalue weighted by Crippen LogP contribution is -2.14. The monoisotopic (exact) mass is 233 g/mol. The zero-order valence-electron chi connectivity index (χ0n) is 11.1. The van der Waals surface area contributed by atoms with Crippen molar-refractivity contribution >= 4 is 0 Å². The van der Waals surface area contributed by atoms with Gasteiger partial charge >= 0.3 is 0 Å². The molecule has 0 aliphatic heterocycles. The summed E-state index contributed by atoms with van der Waals surface area (Å²) in [7, 11) is 1.99. The first kappa shape index (κ1) is 13.9. The van der Waals surface area contributed by atoms with E-state index in [-0.39, 0.29) is 0 Å². The van der Waals surface area contributed by atoms with E-state index in [0.29, 0.717) is 19.1 Å². The molecule has 1 rings (SSSR count). The van der Waals surface area contributed by atoms with Crippen LogP contribution in [0.4, 0.5) is 0 Å². The van der Waals surface area contributed by atoms with Crippen LogP contribution >= 0.6 is 0 Å². The highest BCUT2D eigenvalue weighted by molar-refractivity contribution is 5.24. The number of ether oxygens (including phenoxy) is 1. The Morgan fingerprint density at radius 2 is 2.00 bits per heavy atom. The van der Waals surface area contributed by atoms with E-state index < -0.39 is 0 Å². The van der Waals surface area contributed by atoms with Crippen LogP contribution < -0.4 is 5.32 Å². The fourth-order valence-corrected chi connectivity index (χ4v) is 1.71. The number of nitrogens with one attached hydrogen (secondary N) is 1. The lowest BCUT2D eigenvalue weighted by Gasteiger charge is -2.11. The van der Waals surface area contributed by atoms with Gasteiger partial charge < -0.3 is 10.1 Å². The van der Waals surface area contributed by atoms with Gasteiger partial charge in [0.05, 0.1) is 13.2 Å². The first-order valence-electron chi connectivity index (χ1n) is 6.20. The first-order valence-corrected chi connectivity index (χ1v) is 6.20. The van der Waals surface area contributed by atoms with E-state index in [0.717, 1.165) is 6.54 Å². The van der Waals surface area contributed by atoms with E-state index in [2.05, 4.69) is 36.5 Å². The summed E-state index contributed by atoms with van der Waals surface area (Å²) < 4.78 is 5.51. The highest BCUT2D eigenvalue weighted by Gasteiger charge is 2.03. The van der Waals surface area contributed by atoms with Gasteiger partial charge in [0.25, 0.3) is 0 Å². The normalized spacial score (nSPS) is 13.1. The summed E-state index contributed by atoms with van der Waals surface area (Å²) in [5.41, 5.74) is 2.60. The molecule has 17 heavy (non-hydrogen) atoms. The smallest absolute Gasteiger partial charge is 0.0721 e. The van der Waals surface area contributed by atoms with Crippen molar-refractivity contribution < 1.29 is 4.74 Å². The van der Waals surface area contributed by atoms with Crippen molar-refractivity contribution in [2.75, 3.05) is 20.2 Å². The maximum atomic E-state index is 5.51. The molecule has 0 radical (unpaired) electrons. The molecule has 0 saturated heterocycles. The summed E-state index contributed by atoms with van der Waals surface area (Å²) in [6.07, 6.45) is 4.02. The van der Waals surface area contributed by atoms with Crippen LogP contribution in [0.3, 0.4) is 0 Å². The minimum atomic E-state index is 0.554. The summed E-state index contributed by atoms with van der Waals surface area (Å²) in [6.45, 7) is 6.62. The zero-order chi connectivity index (χ0) is 12.5. The van der Waals surface area contributed by atoms with E-state index in [1.165, 1.54) is 11.1 Å². The molecule has 1 atom stereocenters. The van der Waals surface area contributed by atoms with Gasteiger partial charge in [-0.15, -0.1) is 0 Å². The van der Waals surface area contributed by atoms with Gasteiger partial charge in [-0.3, -0.25) is 0 Å². The average molecular weight is 233 g/mol. The second-order valence-corrected chi connectivity index (χ2v) is 4.28. The predicted octanol–water partition coefficient (Wildman–Crippen LogP) is 3.10. The molecule has 0 saturated carbocycles. The molecule has 0 heterocycles. The van der Waals surface area contributed by atoms with Crippen LogP contribution in [0.2, 0.25) is 0 Å². The van der Waals surface area contributed by atoms with Crippen molar-refractivity contribution in [1.29, 1.82) is 0 Å². The third-order valence-corrected chi connectivity index (χ3v) is 2.78. The standard InChI is InChI=1S/C15H23NO/c1-4-5-10-17-12-14-6-8-15(9-7-14)13(2)11-16-3/h4-9,13,16H,10-12H2,1-3H3/b5-4+. The number of allylic oxidation sites excluding steroid dienone is 1. The van der Waals surface area contributed by atoms with Gasteiger partial charge in [0, 0.05) is 6.54 Å². The van der Waals surface area contributed by atoms with Crippen LogP contribution in [-0.2, 0) is 11.3 Å². The SMILES string of the molecule is C/C=C/COCc1ccc(C(C)CNC)cc1. The highest BCUT2D eigenvalue weighted by atomic mass is 16.5. The van der Waals surface area contributed by atoms with E-state index in [4.69, 9.17) is 4.74 Å². The fraction of sp³-hybridized carbons (Fsp3) is 0.467. The molecule has 1 N–H and O–H groups in total. The van der Waals surface area contributed by atoms with Crippen LogP contribution in [0.5, 0.6) is 0 Å². The molecule has 1 aromatic rings. The summed E-state index contributed by atoms with van der Waals surface area (Å²) in [5.74, 6) is 0.554. The summed E-state index contributed by atoms with van der Waals surface area (Å²) in [6, 6.07) is 8.68. The largest absolute Gasteiger partial charge is 0.373 e. The summed E-state index contributed by atoms with van der Waals surface area (Å²) in [5, 5.41) is 3.20. The third-order valence-electron chi connectivity index (χ3n) is 2.78. The number of hydrogen-bond donors (Lipinski definition) is 1. The maximum absolute atomic E-state index is 5.51. The summed E-state index contributed by atoms with van der Waals surface area (Å²) in [4.78, 5) is 0. The molecule has 0 aromatic heterocycles. The molecule has 0 aliphatic carbocycles. The van der Waals surface area contributed by atoms with Crippen molar-refractivity contribution in [3.8, 4) is 0 Å². The average Bonchev–Trinajstić information content (AvgIpc) is 2.36. The zero-order valence-corrected chi connectivity index (χ0v) is 11.1. The minimum absolute atomic E-state index is 0.554. The topological polar surface area (TPSA) is 21.3 Å². The van der Waals surface area contributed by atoms with Crippen molar-refractivity contribution in [3.05, 3.63) is 47.5 Å². The quantitative estimate of drug-likeness (QED) is 0.577. The van der Waals surface area contributed by atoms with Gasteiger partial charge in [0.1, 0.15) is 0 Å². The van der Waals surface area contributed by atoms with Crippen LogP contribution in [-0.4, -0.2) is 20.2 Å². The molecule has 2 nitrogen and oxygen atoms in total. The first-order chi connectivity index (χ1) is 8.27. The Kier molecular flexibility index (Phi) is 6.60. The Morgan fingerprint density at radius 1 is 1.29 bits per heavy atom. The van der Waals surface area contributed by atoms with Crippen molar-refractivity contribution in [2.24, 2.45) is 0 Å². The number of rotatable bonds is 7. The van der Waals surface area contributed by atoms with E-state index >= 15 is 0 Å². The highest BCUT2D eigenvalue weighted by Crippen LogP contribution is 2.15. The molecule has 0 fully saturated rings. The number of hydrogen-bond acceptors (Lipinski definition) is 2. The van der Waals surface area contributed by atoms with Crippen LogP contribution in [0.25, 0.3) is 0 Å². The predicted molar refractivity (Wildman–Crippen MR) is 73.3 cm³/mol. The molecular weight excluding hydrogens is 210 g/mol. The Morgan fingerprint density at radius 3 is 2.59 bits per heavy atom. The maximum Gasteiger partial charge on any atom is 0.0721 e. The van der Waals surface area contributed by atoms with Gasteiger partial charge in [-0.05, 0) is 31.0 Å². The molecular formula is C15H23NO. The molecule has 1 unspecified atom stereocenters. The van der Waals surface area contributed by atoms with E-state index in [1.807, 2.05) is 26.1 Å². The minimum Gasteiger partial charge on any atom is -0.373 e. The van der Waals surface area contributed by atoms with Gasteiger partial charge in [-0.25, -0.2) is 0 Å². The van der Waals surface area contributed by atoms with E-state index in [9.17, 15) is 0 Å². The fourth-order valence-electron chi connectivity index (χ4n) is 1.71. The summed E-state index contributed by atoms with van der Waals surface area (Å²) >= 11 is 0. The van der Waals surface area contributed by atoms with Gasteiger partial charge in [0.2, 0.25) is 0 Å². The molecule has 2 heteroatoms. The van der Waals surface area contributed by atoms with Crippen LogP contribution in [0, 0.1) is 0 Å². The van der Waals surface area contributed by atoms with Crippen molar-refractivity contribution in [3.63, 3.8) is 0 Å². The third kappa shape index (κ3) is 5.16. The Hall–Kier alpha value is -1.12. The van der Waals surface area contributed by atoms with Crippen molar-refractivity contribution in [2.45, 2.75) is 26.4 Å². The Labute approximate surface area is 105 Å². The van der Waals surface area contributed by atoms with E-state index in [1.54, 1.807) is 0 Å². The molecule has 94 valence electrons. The molecule has 0 aliphatic rings. The number of likely N-dealkylation sites (N-methyl/N-ethyl adjacent to an activating group) is 1. The van der Waals surface area contributed by atoms with Gasteiger partial charge in [-0.1, -0.05) is 43.3 Å². The lowest BCUT2D eigenvalue weighted by atomic mass is 10.00. The Balaban J connectivity index is 2.44. The van der Waals surface area contributed by atoms with Crippen LogP contribution in [0.1, 0.15) is 30.9 Å². The Bertz CT molecular complexity index is 329. The van der Waals surface area contributed by atoms with Crippen LogP contribution in [0.15, 0.2) is 36.4 Å². The molecule has 0 spiro atoms.